The zero-order valence-electron chi connectivity index (χ0n) is 8.98. The Labute approximate surface area is 115 Å². The summed E-state index contributed by atoms with van der Waals surface area (Å²) in [6, 6.07) is 22.3. The molecule has 0 aliphatic carbocycles. The van der Waals surface area contributed by atoms with Gasteiger partial charge in [0.2, 0.25) is 0 Å². The molecule has 0 amide bonds. The minimum absolute atomic E-state index is 0. The molecule has 0 bridgehead atoms. The van der Waals surface area contributed by atoms with Crippen molar-refractivity contribution in [2.45, 2.75) is 0 Å². The van der Waals surface area contributed by atoms with E-state index in [1.165, 1.54) is 0 Å². The van der Waals surface area contributed by atoms with Crippen LogP contribution in [-0.4, -0.2) is 0 Å². The SMILES string of the molecule is N#Cc1ccccc1.N#Cc1ccccc1.[Pt]. The molecule has 0 atom stereocenters. The van der Waals surface area contributed by atoms with Gasteiger partial charge in [-0.15, -0.1) is 0 Å². The van der Waals surface area contributed by atoms with Crippen molar-refractivity contribution in [2.24, 2.45) is 0 Å². The van der Waals surface area contributed by atoms with Gasteiger partial charge in [0.25, 0.3) is 0 Å². The Kier molecular flexibility index (Phi) is 8.30. The molecule has 3 heteroatoms. The van der Waals surface area contributed by atoms with Crippen LogP contribution in [0.4, 0.5) is 0 Å². The molecule has 0 radical (unpaired) electrons. The first-order chi connectivity index (χ1) is 7.86. The first kappa shape index (κ1) is 15.1. The fourth-order valence-electron chi connectivity index (χ4n) is 1.03. The number of hydrogen-bond donors (Lipinski definition) is 0. The van der Waals surface area contributed by atoms with E-state index in [0.29, 0.717) is 11.1 Å². The van der Waals surface area contributed by atoms with Crippen molar-refractivity contribution < 1.29 is 21.1 Å². The first-order valence-corrected chi connectivity index (χ1v) is 4.77. The summed E-state index contributed by atoms with van der Waals surface area (Å²) >= 11 is 0. The van der Waals surface area contributed by atoms with Gasteiger partial charge in [-0.25, -0.2) is 0 Å². The van der Waals surface area contributed by atoms with Crippen molar-refractivity contribution in [1.82, 2.24) is 0 Å². The third-order valence-corrected chi connectivity index (χ3v) is 1.81. The van der Waals surface area contributed by atoms with Crippen molar-refractivity contribution in [3.8, 4) is 12.1 Å². The van der Waals surface area contributed by atoms with Crippen molar-refractivity contribution in [1.29, 1.82) is 10.5 Å². The maximum Gasteiger partial charge on any atom is 0.0991 e. The van der Waals surface area contributed by atoms with E-state index in [4.69, 9.17) is 10.5 Å². The van der Waals surface area contributed by atoms with E-state index in [0.717, 1.165) is 0 Å². The molecule has 2 nitrogen and oxygen atoms in total. The van der Waals surface area contributed by atoms with Gasteiger partial charge in [-0.3, -0.25) is 0 Å². The topological polar surface area (TPSA) is 47.6 Å². The molecular formula is C14H10N2Pt. The van der Waals surface area contributed by atoms with E-state index in [1.54, 1.807) is 24.3 Å². The van der Waals surface area contributed by atoms with Gasteiger partial charge in [0.15, 0.2) is 0 Å². The number of hydrogen-bond acceptors (Lipinski definition) is 2. The van der Waals surface area contributed by atoms with E-state index in [9.17, 15) is 0 Å². The van der Waals surface area contributed by atoms with Crippen molar-refractivity contribution in [3.05, 3.63) is 71.8 Å². The summed E-state index contributed by atoms with van der Waals surface area (Å²) in [7, 11) is 0. The van der Waals surface area contributed by atoms with Crippen LogP contribution in [0.25, 0.3) is 0 Å². The summed E-state index contributed by atoms with van der Waals surface area (Å²) in [5.41, 5.74) is 1.43. The largest absolute Gasteiger partial charge is 0.192 e. The van der Waals surface area contributed by atoms with Crippen molar-refractivity contribution in [3.63, 3.8) is 0 Å². The average molecular weight is 401 g/mol. The molecule has 0 spiro atoms. The zero-order chi connectivity index (χ0) is 11.6. The Morgan fingerprint density at radius 1 is 0.588 bits per heavy atom. The Bertz CT molecular complexity index is 446. The Balaban J connectivity index is 0.000000284. The molecule has 0 saturated carbocycles. The van der Waals surface area contributed by atoms with Crippen LogP contribution < -0.4 is 0 Å². The van der Waals surface area contributed by atoms with Crippen LogP contribution in [0.5, 0.6) is 0 Å². The minimum atomic E-state index is 0. The monoisotopic (exact) mass is 401 g/mol. The molecule has 2 aromatic carbocycles. The van der Waals surface area contributed by atoms with Gasteiger partial charge in [-0.1, -0.05) is 36.4 Å². The number of rotatable bonds is 0. The number of nitrogens with zero attached hydrogens (tertiary/aromatic N) is 2. The van der Waals surface area contributed by atoms with Crippen LogP contribution in [0, 0.1) is 22.7 Å². The predicted molar refractivity (Wildman–Crippen MR) is 62.3 cm³/mol. The summed E-state index contributed by atoms with van der Waals surface area (Å²) in [6.45, 7) is 0. The van der Waals surface area contributed by atoms with Crippen molar-refractivity contribution in [2.75, 3.05) is 0 Å². The standard InChI is InChI=1S/2C7H5N.Pt/c2*8-6-7-4-2-1-3-5-7;/h2*1-5H;. The molecule has 0 aromatic heterocycles. The Morgan fingerprint density at radius 3 is 1.06 bits per heavy atom. The third-order valence-electron chi connectivity index (χ3n) is 1.81. The minimum Gasteiger partial charge on any atom is -0.192 e. The van der Waals surface area contributed by atoms with E-state index in [-0.39, 0.29) is 21.1 Å². The molecule has 0 heterocycles. The fraction of sp³-hybridized carbons (Fsp3) is 0. The second-order valence-corrected chi connectivity index (χ2v) is 2.96. The normalized spacial score (nSPS) is 7.41. The molecule has 86 valence electrons. The van der Waals surface area contributed by atoms with Crippen LogP contribution in [-0.2, 0) is 21.1 Å². The maximum absolute atomic E-state index is 8.29. The van der Waals surface area contributed by atoms with Gasteiger partial charge < -0.3 is 0 Å². The molecular weight excluding hydrogens is 391 g/mol. The maximum atomic E-state index is 8.29. The van der Waals surface area contributed by atoms with Crippen LogP contribution in [0.1, 0.15) is 11.1 Å². The number of nitriles is 2. The Morgan fingerprint density at radius 2 is 0.882 bits per heavy atom. The molecule has 17 heavy (non-hydrogen) atoms. The molecule has 0 fully saturated rings. The average Bonchev–Trinajstić information content (AvgIpc) is 2.41. The van der Waals surface area contributed by atoms with Crippen LogP contribution in [0.15, 0.2) is 60.7 Å². The van der Waals surface area contributed by atoms with Crippen LogP contribution in [0.3, 0.4) is 0 Å². The summed E-state index contributed by atoms with van der Waals surface area (Å²) in [4.78, 5) is 0. The summed E-state index contributed by atoms with van der Waals surface area (Å²) in [5, 5.41) is 16.6. The van der Waals surface area contributed by atoms with E-state index in [1.807, 2.05) is 48.5 Å². The van der Waals surface area contributed by atoms with Gasteiger partial charge in [-0.05, 0) is 24.3 Å². The summed E-state index contributed by atoms with van der Waals surface area (Å²) in [5.74, 6) is 0. The van der Waals surface area contributed by atoms with Crippen LogP contribution >= 0.6 is 0 Å². The van der Waals surface area contributed by atoms with Gasteiger partial charge in [0.05, 0.1) is 23.3 Å². The van der Waals surface area contributed by atoms with E-state index < -0.39 is 0 Å². The second-order valence-electron chi connectivity index (χ2n) is 2.96. The molecule has 2 aromatic rings. The van der Waals surface area contributed by atoms with Gasteiger partial charge in [0, 0.05) is 21.1 Å². The van der Waals surface area contributed by atoms with Gasteiger partial charge >= 0.3 is 0 Å². The predicted octanol–water partition coefficient (Wildman–Crippen LogP) is 3.11. The third kappa shape index (κ3) is 6.31. The molecule has 0 unspecified atom stereocenters. The molecule has 0 saturated heterocycles. The quantitative estimate of drug-likeness (QED) is 0.681. The fourth-order valence-corrected chi connectivity index (χ4v) is 1.03. The molecule has 2 rings (SSSR count). The number of benzene rings is 2. The van der Waals surface area contributed by atoms with Crippen LogP contribution in [0.2, 0.25) is 0 Å². The zero-order valence-corrected chi connectivity index (χ0v) is 11.3. The van der Waals surface area contributed by atoms with Gasteiger partial charge in [0.1, 0.15) is 0 Å². The van der Waals surface area contributed by atoms with E-state index >= 15 is 0 Å². The molecule has 0 aliphatic heterocycles. The van der Waals surface area contributed by atoms with Gasteiger partial charge in [-0.2, -0.15) is 10.5 Å². The van der Waals surface area contributed by atoms with E-state index in [2.05, 4.69) is 0 Å². The summed E-state index contributed by atoms with van der Waals surface area (Å²) < 4.78 is 0. The molecule has 0 aliphatic rings. The second kappa shape index (κ2) is 9.34. The Hall–Kier alpha value is -1.89. The first-order valence-electron chi connectivity index (χ1n) is 4.77. The molecule has 0 N–H and O–H groups in total. The smallest absolute Gasteiger partial charge is 0.0991 e. The summed E-state index contributed by atoms with van der Waals surface area (Å²) in [6.07, 6.45) is 0. The van der Waals surface area contributed by atoms with Crippen molar-refractivity contribution >= 4 is 0 Å².